The molecule has 1 amide bonds. The van der Waals surface area contributed by atoms with Gasteiger partial charge in [-0.05, 0) is 37.5 Å². The Morgan fingerprint density at radius 2 is 2.05 bits per heavy atom. The van der Waals surface area contributed by atoms with Gasteiger partial charge in [-0.2, -0.15) is 5.10 Å². The highest BCUT2D eigenvalue weighted by molar-refractivity contribution is 5.94. The summed E-state index contributed by atoms with van der Waals surface area (Å²) in [5.41, 5.74) is 1.48. The van der Waals surface area contributed by atoms with Crippen LogP contribution in [0.5, 0.6) is 0 Å². The summed E-state index contributed by atoms with van der Waals surface area (Å²) in [4.78, 5) is 11.7. The quantitative estimate of drug-likeness (QED) is 0.658. The van der Waals surface area contributed by atoms with Crippen LogP contribution in [-0.4, -0.2) is 22.6 Å². The molecule has 1 aromatic heterocycles. The van der Waals surface area contributed by atoms with Crippen molar-refractivity contribution in [2.75, 3.05) is 6.54 Å². The lowest BCUT2D eigenvalue weighted by Crippen LogP contribution is -2.26. The van der Waals surface area contributed by atoms with E-state index in [0.29, 0.717) is 19.4 Å². The van der Waals surface area contributed by atoms with Crippen LogP contribution < -0.4 is 5.32 Å². The molecular formula is C14H14F3N3O. The average molecular weight is 297 g/mol. The number of amides is 1. The molecule has 0 radical (unpaired) electrons. The number of benzene rings is 1. The fourth-order valence-corrected chi connectivity index (χ4v) is 1.90. The Labute approximate surface area is 119 Å². The fourth-order valence-electron chi connectivity index (χ4n) is 1.90. The first-order valence-electron chi connectivity index (χ1n) is 6.41. The molecule has 0 spiro atoms. The normalized spacial score (nSPS) is 10.7. The van der Waals surface area contributed by atoms with E-state index in [1.807, 2.05) is 6.92 Å². The molecule has 0 aliphatic heterocycles. The molecule has 0 atom stereocenters. The van der Waals surface area contributed by atoms with Gasteiger partial charge in [0.25, 0.3) is 5.91 Å². The predicted molar refractivity (Wildman–Crippen MR) is 70.3 cm³/mol. The number of halogens is 3. The first kappa shape index (κ1) is 15.1. The third-order valence-electron chi connectivity index (χ3n) is 3.12. The minimum Gasteiger partial charge on any atom is -0.352 e. The van der Waals surface area contributed by atoms with Gasteiger partial charge in [-0.25, -0.2) is 13.2 Å². The molecule has 1 heterocycles. The Kier molecular flexibility index (Phi) is 4.62. The van der Waals surface area contributed by atoms with E-state index in [-0.39, 0.29) is 0 Å². The van der Waals surface area contributed by atoms with Gasteiger partial charge in [0, 0.05) is 12.2 Å². The lowest BCUT2D eigenvalue weighted by Gasteiger charge is -2.06. The van der Waals surface area contributed by atoms with Crippen molar-refractivity contribution in [2.24, 2.45) is 0 Å². The van der Waals surface area contributed by atoms with E-state index < -0.39 is 28.9 Å². The smallest absolute Gasteiger partial charge is 0.254 e. The number of H-pyrrole nitrogens is 1. The van der Waals surface area contributed by atoms with Gasteiger partial charge in [-0.15, -0.1) is 0 Å². The molecule has 1 aromatic carbocycles. The van der Waals surface area contributed by atoms with Gasteiger partial charge >= 0.3 is 0 Å². The number of nitrogens with one attached hydrogen (secondary N) is 2. The first-order chi connectivity index (χ1) is 10.0. The molecule has 0 fully saturated rings. The van der Waals surface area contributed by atoms with Crippen molar-refractivity contribution in [3.05, 3.63) is 52.6 Å². The number of aromatic nitrogens is 2. The summed E-state index contributed by atoms with van der Waals surface area (Å²) in [6.07, 6.45) is 3.02. The summed E-state index contributed by atoms with van der Waals surface area (Å²) in [6, 6.07) is 1.64. The summed E-state index contributed by atoms with van der Waals surface area (Å²) in [7, 11) is 0. The van der Waals surface area contributed by atoms with E-state index in [0.717, 1.165) is 23.4 Å². The van der Waals surface area contributed by atoms with Crippen LogP contribution in [0.1, 0.15) is 28.0 Å². The van der Waals surface area contributed by atoms with Crippen molar-refractivity contribution < 1.29 is 18.0 Å². The first-order valence-corrected chi connectivity index (χ1v) is 6.41. The maximum Gasteiger partial charge on any atom is 0.254 e. The summed E-state index contributed by atoms with van der Waals surface area (Å²) < 4.78 is 39.2. The Bertz CT molecular complexity index is 655. The second kappa shape index (κ2) is 6.43. The number of hydrogen-bond acceptors (Lipinski definition) is 2. The number of carbonyl (C=O) groups is 1. The van der Waals surface area contributed by atoms with Crippen molar-refractivity contribution in [3.63, 3.8) is 0 Å². The van der Waals surface area contributed by atoms with E-state index in [4.69, 9.17) is 0 Å². The van der Waals surface area contributed by atoms with Crippen molar-refractivity contribution >= 4 is 5.91 Å². The van der Waals surface area contributed by atoms with Crippen molar-refractivity contribution in [1.82, 2.24) is 15.5 Å². The molecule has 2 aromatic rings. The van der Waals surface area contributed by atoms with Crippen LogP contribution in [0.4, 0.5) is 13.2 Å². The highest BCUT2D eigenvalue weighted by Crippen LogP contribution is 2.15. The highest BCUT2D eigenvalue weighted by atomic mass is 19.2. The average Bonchev–Trinajstić information content (AvgIpc) is 2.86. The second-order valence-corrected chi connectivity index (χ2v) is 4.60. The molecule has 0 aliphatic carbocycles. The largest absolute Gasteiger partial charge is 0.352 e. The SMILES string of the molecule is Cc1[nH]ncc1CCCNC(=O)c1ccc(F)c(F)c1F. The van der Waals surface area contributed by atoms with Gasteiger partial charge in [0.05, 0.1) is 11.8 Å². The van der Waals surface area contributed by atoms with E-state index in [9.17, 15) is 18.0 Å². The molecule has 0 unspecified atom stereocenters. The van der Waals surface area contributed by atoms with Gasteiger partial charge in [0.1, 0.15) is 0 Å². The summed E-state index contributed by atoms with van der Waals surface area (Å²) in [5, 5.41) is 9.14. The van der Waals surface area contributed by atoms with Crippen LogP contribution in [0.3, 0.4) is 0 Å². The van der Waals surface area contributed by atoms with Gasteiger partial charge in [-0.3, -0.25) is 9.89 Å². The molecule has 0 saturated heterocycles. The zero-order valence-corrected chi connectivity index (χ0v) is 11.3. The molecule has 21 heavy (non-hydrogen) atoms. The Morgan fingerprint density at radius 1 is 1.29 bits per heavy atom. The predicted octanol–water partition coefficient (Wildman–Crippen LogP) is 2.50. The number of nitrogens with zero attached hydrogens (tertiary/aromatic N) is 1. The van der Waals surface area contributed by atoms with E-state index in [2.05, 4.69) is 15.5 Å². The maximum atomic E-state index is 13.4. The van der Waals surface area contributed by atoms with Crippen LogP contribution in [0.25, 0.3) is 0 Å². The zero-order valence-electron chi connectivity index (χ0n) is 11.3. The molecule has 7 heteroatoms. The molecule has 112 valence electrons. The summed E-state index contributed by atoms with van der Waals surface area (Å²) in [6.45, 7) is 2.18. The molecule has 2 rings (SSSR count). The van der Waals surface area contributed by atoms with Crippen LogP contribution in [0.15, 0.2) is 18.3 Å². The minimum absolute atomic E-state index is 0.294. The van der Waals surface area contributed by atoms with E-state index in [1.54, 1.807) is 6.20 Å². The van der Waals surface area contributed by atoms with Crippen molar-refractivity contribution in [2.45, 2.75) is 19.8 Å². The highest BCUT2D eigenvalue weighted by Gasteiger charge is 2.18. The van der Waals surface area contributed by atoms with Crippen LogP contribution in [-0.2, 0) is 6.42 Å². The summed E-state index contributed by atoms with van der Waals surface area (Å²) >= 11 is 0. The number of rotatable bonds is 5. The van der Waals surface area contributed by atoms with Gasteiger partial charge in [0.15, 0.2) is 17.5 Å². The molecule has 0 saturated carbocycles. The number of aryl methyl sites for hydroxylation is 2. The van der Waals surface area contributed by atoms with Gasteiger partial charge in [-0.1, -0.05) is 0 Å². The van der Waals surface area contributed by atoms with Gasteiger partial charge in [0.2, 0.25) is 0 Å². The molecule has 0 aliphatic rings. The number of carbonyl (C=O) groups excluding carboxylic acids is 1. The van der Waals surface area contributed by atoms with E-state index in [1.165, 1.54) is 0 Å². The lowest BCUT2D eigenvalue weighted by atomic mass is 10.1. The third kappa shape index (κ3) is 3.42. The number of hydrogen-bond donors (Lipinski definition) is 2. The van der Waals surface area contributed by atoms with Crippen LogP contribution >= 0.6 is 0 Å². The Balaban J connectivity index is 1.88. The lowest BCUT2D eigenvalue weighted by molar-refractivity contribution is 0.0948. The van der Waals surface area contributed by atoms with Gasteiger partial charge < -0.3 is 5.32 Å². The zero-order chi connectivity index (χ0) is 15.4. The molecule has 0 bridgehead atoms. The minimum atomic E-state index is -1.64. The Hall–Kier alpha value is -2.31. The van der Waals surface area contributed by atoms with Crippen LogP contribution in [0.2, 0.25) is 0 Å². The fraction of sp³-hybridized carbons (Fsp3) is 0.286. The number of aromatic amines is 1. The molecular weight excluding hydrogens is 283 g/mol. The third-order valence-corrected chi connectivity index (χ3v) is 3.12. The Morgan fingerprint density at radius 3 is 2.71 bits per heavy atom. The van der Waals surface area contributed by atoms with Crippen LogP contribution in [0, 0.1) is 24.4 Å². The monoisotopic (exact) mass is 297 g/mol. The van der Waals surface area contributed by atoms with Crippen molar-refractivity contribution in [1.29, 1.82) is 0 Å². The van der Waals surface area contributed by atoms with Crippen molar-refractivity contribution in [3.8, 4) is 0 Å². The standard InChI is InChI=1S/C14H14F3N3O/c1-8-9(7-19-20-8)3-2-6-18-14(21)10-4-5-11(15)13(17)12(10)16/h4-5,7H,2-3,6H2,1H3,(H,18,21)(H,19,20). The summed E-state index contributed by atoms with van der Waals surface area (Å²) in [5.74, 6) is -5.20. The molecule has 4 nitrogen and oxygen atoms in total. The maximum absolute atomic E-state index is 13.4. The second-order valence-electron chi connectivity index (χ2n) is 4.60. The van der Waals surface area contributed by atoms with E-state index >= 15 is 0 Å². The molecule has 2 N–H and O–H groups in total. The topological polar surface area (TPSA) is 57.8 Å².